The smallest absolute Gasteiger partial charge is 0.132 e. The number of pyridine rings is 1. The fourth-order valence-corrected chi connectivity index (χ4v) is 2.62. The molecule has 2 heterocycles. The summed E-state index contributed by atoms with van der Waals surface area (Å²) in [5.41, 5.74) is 2.69. The Morgan fingerprint density at radius 3 is 2.69 bits per heavy atom. The van der Waals surface area contributed by atoms with Crippen LogP contribution < -0.4 is 0 Å². The van der Waals surface area contributed by atoms with Crippen LogP contribution >= 0.6 is 15.9 Å². The summed E-state index contributed by atoms with van der Waals surface area (Å²) in [7, 11) is 0. The summed E-state index contributed by atoms with van der Waals surface area (Å²) in [5.74, 6) is 1.12. The Labute approximate surface area is 105 Å². The van der Waals surface area contributed by atoms with Gasteiger partial charge < -0.3 is 4.40 Å². The van der Waals surface area contributed by atoms with Crippen molar-refractivity contribution in [1.82, 2.24) is 9.38 Å². The number of fused-ring (bicyclic) bond motifs is 1. The molecular weight excluding hydrogens is 264 g/mol. The van der Waals surface area contributed by atoms with Gasteiger partial charge in [0.25, 0.3) is 0 Å². The third-order valence-electron chi connectivity index (χ3n) is 2.58. The molecule has 0 bridgehead atoms. The normalized spacial score (nSPS) is 12.3. The van der Waals surface area contributed by atoms with Gasteiger partial charge in [0.15, 0.2) is 0 Å². The number of nitrogens with zero attached hydrogens (tertiary/aromatic N) is 2. The maximum atomic E-state index is 4.62. The molecule has 86 valence electrons. The lowest BCUT2D eigenvalue weighted by atomic mass is 9.92. The summed E-state index contributed by atoms with van der Waals surface area (Å²) in [6.07, 6.45) is 3.06. The van der Waals surface area contributed by atoms with Gasteiger partial charge in [-0.2, -0.15) is 0 Å². The second kappa shape index (κ2) is 3.88. The first-order chi connectivity index (χ1) is 7.38. The third-order valence-corrected chi connectivity index (χ3v) is 3.14. The summed E-state index contributed by atoms with van der Waals surface area (Å²) in [6, 6.07) is 4.19. The van der Waals surface area contributed by atoms with E-state index in [-0.39, 0.29) is 5.41 Å². The van der Waals surface area contributed by atoms with Crippen molar-refractivity contribution in [1.29, 1.82) is 0 Å². The summed E-state index contributed by atoms with van der Waals surface area (Å²) in [6.45, 7) is 8.82. The van der Waals surface area contributed by atoms with E-state index < -0.39 is 0 Å². The van der Waals surface area contributed by atoms with Crippen molar-refractivity contribution in [3.63, 3.8) is 0 Å². The van der Waals surface area contributed by atoms with E-state index in [1.807, 2.05) is 0 Å². The first-order valence-electron chi connectivity index (χ1n) is 5.50. The predicted octanol–water partition coefficient (Wildman–Crippen LogP) is 3.99. The fourth-order valence-electron chi connectivity index (χ4n) is 1.91. The molecule has 0 saturated carbocycles. The number of hydrogen-bond donors (Lipinski definition) is 0. The van der Waals surface area contributed by atoms with E-state index in [1.165, 1.54) is 11.1 Å². The molecule has 2 aromatic rings. The highest BCUT2D eigenvalue weighted by Gasteiger charge is 2.17. The molecular formula is C13H17BrN2. The van der Waals surface area contributed by atoms with Crippen LogP contribution in [0.2, 0.25) is 0 Å². The van der Waals surface area contributed by atoms with Gasteiger partial charge in [-0.25, -0.2) is 4.98 Å². The monoisotopic (exact) mass is 280 g/mol. The first kappa shape index (κ1) is 11.6. The molecule has 2 rings (SSSR count). The topological polar surface area (TPSA) is 17.3 Å². The van der Waals surface area contributed by atoms with Crippen LogP contribution in [-0.2, 0) is 6.42 Å². The van der Waals surface area contributed by atoms with Crippen molar-refractivity contribution < 1.29 is 0 Å². The van der Waals surface area contributed by atoms with E-state index in [4.69, 9.17) is 0 Å². The largest absolute Gasteiger partial charge is 0.302 e. The van der Waals surface area contributed by atoms with Gasteiger partial charge in [0.1, 0.15) is 10.4 Å². The minimum absolute atomic E-state index is 0.254. The van der Waals surface area contributed by atoms with Gasteiger partial charge in [0.2, 0.25) is 0 Å². The zero-order valence-corrected chi connectivity index (χ0v) is 11.8. The molecule has 3 heteroatoms. The number of aryl methyl sites for hydroxylation is 1. The van der Waals surface area contributed by atoms with Crippen molar-refractivity contribution in [3.8, 4) is 0 Å². The quantitative estimate of drug-likeness (QED) is 0.772. The molecule has 0 aliphatic heterocycles. The van der Waals surface area contributed by atoms with E-state index in [0.29, 0.717) is 0 Å². The van der Waals surface area contributed by atoms with Crippen LogP contribution in [0.15, 0.2) is 22.9 Å². The Kier molecular flexibility index (Phi) is 2.82. The second-order valence-corrected chi connectivity index (χ2v) is 6.22. The lowest BCUT2D eigenvalue weighted by Crippen LogP contribution is -2.11. The Bertz CT molecular complexity index is 520. The average molecular weight is 281 g/mol. The van der Waals surface area contributed by atoms with Gasteiger partial charge in [-0.1, -0.05) is 26.8 Å². The highest BCUT2D eigenvalue weighted by atomic mass is 79.9. The molecule has 2 nitrogen and oxygen atoms in total. The van der Waals surface area contributed by atoms with Gasteiger partial charge in [0.05, 0.1) is 5.52 Å². The molecule has 0 spiro atoms. The molecule has 0 N–H and O–H groups in total. The number of rotatable bonds is 1. The molecule has 0 aliphatic rings. The summed E-state index contributed by atoms with van der Waals surface area (Å²) < 4.78 is 3.13. The summed E-state index contributed by atoms with van der Waals surface area (Å²) >= 11 is 3.54. The highest BCUT2D eigenvalue weighted by Crippen LogP contribution is 2.26. The Morgan fingerprint density at radius 1 is 1.38 bits per heavy atom. The van der Waals surface area contributed by atoms with Crippen LogP contribution in [0.1, 0.15) is 32.2 Å². The molecule has 0 unspecified atom stereocenters. The summed E-state index contributed by atoms with van der Waals surface area (Å²) in [5, 5.41) is 0. The highest BCUT2D eigenvalue weighted by molar-refractivity contribution is 9.10. The van der Waals surface area contributed by atoms with E-state index in [9.17, 15) is 0 Å². The number of hydrogen-bond acceptors (Lipinski definition) is 1. The van der Waals surface area contributed by atoms with Gasteiger partial charge in [-0.15, -0.1) is 0 Å². The zero-order chi connectivity index (χ0) is 11.9. The maximum Gasteiger partial charge on any atom is 0.132 e. The fraction of sp³-hybridized carbons (Fsp3) is 0.462. The van der Waals surface area contributed by atoms with Gasteiger partial charge in [0, 0.05) is 12.6 Å². The number of halogens is 1. The molecule has 0 atom stereocenters. The molecule has 0 fully saturated rings. The van der Waals surface area contributed by atoms with Crippen LogP contribution in [-0.4, -0.2) is 9.38 Å². The minimum Gasteiger partial charge on any atom is -0.302 e. The Morgan fingerprint density at radius 2 is 2.06 bits per heavy atom. The van der Waals surface area contributed by atoms with Gasteiger partial charge >= 0.3 is 0 Å². The van der Waals surface area contributed by atoms with Crippen molar-refractivity contribution in [2.24, 2.45) is 5.41 Å². The molecule has 0 amide bonds. The van der Waals surface area contributed by atoms with Crippen LogP contribution in [0.25, 0.3) is 5.52 Å². The van der Waals surface area contributed by atoms with Gasteiger partial charge in [-0.05, 0) is 39.9 Å². The number of aromatic nitrogens is 2. The van der Waals surface area contributed by atoms with Crippen LogP contribution in [0.4, 0.5) is 0 Å². The van der Waals surface area contributed by atoms with Crippen molar-refractivity contribution in [3.05, 3.63) is 34.3 Å². The molecule has 0 radical (unpaired) electrons. The summed E-state index contributed by atoms with van der Waals surface area (Å²) in [4.78, 5) is 4.62. The van der Waals surface area contributed by atoms with Crippen molar-refractivity contribution in [2.75, 3.05) is 0 Å². The third kappa shape index (κ3) is 2.14. The molecule has 0 aliphatic carbocycles. The number of imidazole rings is 1. The van der Waals surface area contributed by atoms with Crippen molar-refractivity contribution >= 4 is 21.4 Å². The van der Waals surface area contributed by atoms with Crippen molar-refractivity contribution in [2.45, 2.75) is 34.1 Å². The SMILES string of the molecule is Cc1cccn2c(CC(C)(C)C)nc(Br)c12. The van der Waals surface area contributed by atoms with Crippen LogP contribution in [0, 0.1) is 12.3 Å². The van der Waals surface area contributed by atoms with Gasteiger partial charge in [-0.3, -0.25) is 0 Å². The minimum atomic E-state index is 0.254. The van der Waals surface area contributed by atoms with E-state index in [0.717, 1.165) is 16.8 Å². The predicted molar refractivity (Wildman–Crippen MR) is 70.8 cm³/mol. The second-order valence-electron chi connectivity index (χ2n) is 5.47. The lowest BCUT2D eigenvalue weighted by Gasteiger charge is -2.16. The van der Waals surface area contributed by atoms with Crippen LogP contribution in [0.3, 0.4) is 0 Å². The standard InChI is InChI=1S/C13H17BrN2/c1-9-6-5-7-16-10(8-13(2,3)4)15-12(14)11(9)16/h5-7H,8H2,1-4H3. The zero-order valence-electron chi connectivity index (χ0n) is 10.2. The first-order valence-corrected chi connectivity index (χ1v) is 6.30. The van der Waals surface area contributed by atoms with E-state index >= 15 is 0 Å². The average Bonchev–Trinajstić information content (AvgIpc) is 2.42. The molecule has 0 saturated heterocycles. The molecule has 0 aromatic carbocycles. The Balaban J connectivity index is 2.60. The molecule has 2 aromatic heterocycles. The van der Waals surface area contributed by atoms with Crippen LogP contribution in [0.5, 0.6) is 0 Å². The Hall–Kier alpha value is -0.830. The van der Waals surface area contributed by atoms with E-state index in [1.54, 1.807) is 0 Å². The van der Waals surface area contributed by atoms with E-state index in [2.05, 4.69) is 71.3 Å². The molecule has 16 heavy (non-hydrogen) atoms. The lowest BCUT2D eigenvalue weighted by molar-refractivity contribution is 0.400. The maximum absolute atomic E-state index is 4.62.